The number of nitrogens with one attached hydrogen (secondary N) is 1. The van der Waals surface area contributed by atoms with E-state index in [9.17, 15) is 22.8 Å². The number of piperidine rings is 1. The number of likely N-dealkylation sites (tertiary alicyclic amines) is 1. The molecule has 150 valence electrons. The molecular weight excluding hydrogens is 361 g/mol. The van der Waals surface area contributed by atoms with Gasteiger partial charge in [-0.2, -0.15) is 13.2 Å². The van der Waals surface area contributed by atoms with Crippen LogP contribution < -0.4 is 10.2 Å². The standard InChI is InChI=1S/C18H25F3N4O2/c1-23(2)15-6-5-13(18(19,20)21)11-14(15)22-16(26)12-7-9-25(10-8-12)17(27)24(3)4/h5-6,11-12H,7-10H2,1-4H3,(H,22,26). The van der Waals surface area contributed by atoms with Crippen molar-refractivity contribution in [2.45, 2.75) is 19.0 Å². The molecule has 1 N–H and O–H groups in total. The molecule has 1 aromatic rings. The molecule has 1 fully saturated rings. The van der Waals surface area contributed by atoms with Crippen LogP contribution in [0.3, 0.4) is 0 Å². The highest BCUT2D eigenvalue weighted by Crippen LogP contribution is 2.35. The van der Waals surface area contributed by atoms with Crippen LogP contribution >= 0.6 is 0 Å². The fourth-order valence-corrected chi connectivity index (χ4v) is 3.05. The van der Waals surface area contributed by atoms with E-state index in [1.807, 2.05) is 0 Å². The summed E-state index contributed by atoms with van der Waals surface area (Å²) in [6.07, 6.45) is -3.54. The van der Waals surface area contributed by atoms with Crippen molar-refractivity contribution in [1.29, 1.82) is 0 Å². The number of hydrogen-bond acceptors (Lipinski definition) is 3. The average molecular weight is 386 g/mol. The molecule has 27 heavy (non-hydrogen) atoms. The Kier molecular flexibility index (Phi) is 6.22. The topological polar surface area (TPSA) is 55.9 Å². The van der Waals surface area contributed by atoms with E-state index in [4.69, 9.17) is 0 Å². The van der Waals surface area contributed by atoms with Crippen LogP contribution in [0.25, 0.3) is 0 Å². The van der Waals surface area contributed by atoms with E-state index < -0.39 is 11.7 Å². The first-order chi connectivity index (χ1) is 12.5. The van der Waals surface area contributed by atoms with Crippen LogP contribution in [0.4, 0.5) is 29.3 Å². The van der Waals surface area contributed by atoms with E-state index in [0.29, 0.717) is 31.6 Å². The number of benzene rings is 1. The van der Waals surface area contributed by atoms with E-state index in [1.165, 1.54) is 11.0 Å². The minimum absolute atomic E-state index is 0.110. The Labute approximate surface area is 156 Å². The molecule has 0 unspecified atom stereocenters. The van der Waals surface area contributed by atoms with Gasteiger partial charge in [-0.15, -0.1) is 0 Å². The molecule has 0 atom stereocenters. The lowest BCUT2D eigenvalue weighted by atomic mass is 9.96. The van der Waals surface area contributed by atoms with Gasteiger partial charge in [-0.3, -0.25) is 4.79 Å². The van der Waals surface area contributed by atoms with Gasteiger partial charge in [-0.25, -0.2) is 4.79 Å². The zero-order valence-electron chi connectivity index (χ0n) is 15.9. The molecule has 0 aromatic heterocycles. The van der Waals surface area contributed by atoms with Crippen molar-refractivity contribution in [3.05, 3.63) is 23.8 Å². The Morgan fingerprint density at radius 2 is 1.70 bits per heavy atom. The molecule has 2 rings (SSSR count). The first-order valence-electron chi connectivity index (χ1n) is 8.66. The zero-order valence-corrected chi connectivity index (χ0v) is 15.9. The molecule has 1 heterocycles. The van der Waals surface area contributed by atoms with Gasteiger partial charge >= 0.3 is 12.2 Å². The van der Waals surface area contributed by atoms with Gasteiger partial charge in [-0.05, 0) is 31.0 Å². The third kappa shape index (κ3) is 5.05. The maximum atomic E-state index is 13.0. The molecular formula is C18H25F3N4O2. The summed E-state index contributed by atoms with van der Waals surface area (Å²) in [5.74, 6) is -0.671. The zero-order chi connectivity index (χ0) is 20.4. The highest BCUT2D eigenvalue weighted by molar-refractivity contribution is 5.96. The lowest BCUT2D eigenvalue weighted by Crippen LogP contribution is -2.45. The molecule has 0 saturated carbocycles. The number of carbonyl (C=O) groups is 2. The maximum absolute atomic E-state index is 13.0. The second-order valence-electron chi connectivity index (χ2n) is 7.05. The minimum Gasteiger partial charge on any atom is -0.376 e. The van der Waals surface area contributed by atoms with Crippen molar-refractivity contribution in [1.82, 2.24) is 9.80 Å². The van der Waals surface area contributed by atoms with E-state index in [0.717, 1.165) is 12.1 Å². The molecule has 0 radical (unpaired) electrons. The van der Waals surface area contributed by atoms with Gasteiger partial charge in [0, 0.05) is 47.2 Å². The number of urea groups is 1. The van der Waals surface area contributed by atoms with Gasteiger partial charge in [0.2, 0.25) is 5.91 Å². The summed E-state index contributed by atoms with van der Waals surface area (Å²) in [7, 11) is 6.72. The number of rotatable bonds is 3. The summed E-state index contributed by atoms with van der Waals surface area (Å²) in [6.45, 7) is 0.885. The molecule has 3 amide bonds. The Morgan fingerprint density at radius 1 is 1.11 bits per heavy atom. The van der Waals surface area contributed by atoms with Crippen LogP contribution in [0.1, 0.15) is 18.4 Å². The first kappa shape index (κ1) is 20.9. The van der Waals surface area contributed by atoms with Crippen LogP contribution in [-0.4, -0.2) is 63.0 Å². The number of halogens is 3. The smallest absolute Gasteiger partial charge is 0.376 e. The van der Waals surface area contributed by atoms with Crippen molar-refractivity contribution in [3.8, 4) is 0 Å². The summed E-state index contributed by atoms with van der Waals surface area (Å²) < 4.78 is 39.0. The van der Waals surface area contributed by atoms with Gasteiger partial charge < -0.3 is 20.0 Å². The first-order valence-corrected chi connectivity index (χ1v) is 8.66. The lowest BCUT2D eigenvalue weighted by molar-refractivity contribution is -0.137. The molecule has 9 heteroatoms. The van der Waals surface area contributed by atoms with Crippen LogP contribution in [0, 0.1) is 5.92 Å². The number of nitrogens with zero attached hydrogens (tertiary/aromatic N) is 3. The van der Waals surface area contributed by atoms with E-state index in [-0.39, 0.29) is 23.5 Å². The van der Waals surface area contributed by atoms with Crippen molar-refractivity contribution < 1.29 is 22.8 Å². The highest BCUT2D eigenvalue weighted by Gasteiger charge is 2.32. The Hall–Kier alpha value is -2.45. The van der Waals surface area contributed by atoms with Crippen LogP contribution in [0.2, 0.25) is 0 Å². The van der Waals surface area contributed by atoms with Crippen molar-refractivity contribution >= 4 is 23.3 Å². The fraction of sp³-hybridized carbons (Fsp3) is 0.556. The molecule has 1 saturated heterocycles. The third-order valence-electron chi connectivity index (χ3n) is 4.58. The molecule has 1 aromatic carbocycles. The number of alkyl halides is 3. The Balaban J connectivity index is 2.10. The van der Waals surface area contributed by atoms with Crippen molar-refractivity contribution in [3.63, 3.8) is 0 Å². The summed E-state index contributed by atoms with van der Waals surface area (Å²) in [6, 6.07) is 3.19. The summed E-state index contributed by atoms with van der Waals surface area (Å²) >= 11 is 0. The average Bonchev–Trinajstić information content (AvgIpc) is 2.60. The number of amides is 3. The molecule has 6 nitrogen and oxygen atoms in total. The molecule has 0 bridgehead atoms. The van der Waals surface area contributed by atoms with E-state index in [1.54, 1.807) is 38.0 Å². The molecule has 0 spiro atoms. The van der Waals surface area contributed by atoms with Crippen LogP contribution in [-0.2, 0) is 11.0 Å². The predicted octanol–water partition coefficient (Wildman–Crippen LogP) is 3.10. The summed E-state index contributed by atoms with van der Waals surface area (Å²) in [4.78, 5) is 29.3. The maximum Gasteiger partial charge on any atom is 0.416 e. The number of carbonyl (C=O) groups excluding carboxylic acids is 2. The predicted molar refractivity (Wildman–Crippen MR) is 97.8 cm³/mol. The lowest BCUT2D eigenvalue weighted by Gasteiger charge is -2.33. The van der Waals surface area contributed by atoms with Gasteiger partial charge in [0.05, 0.1) is 16.9 Å². The third-order valence-corrected chi connectivity index (χ3v) is 4.58. The second-order valence-corrected chi connectivity index (χ2v) is 7.05. The number of anilines is 2. The van der Waals surface area contributed by atoms with Gasteiger partial charge in [0.15, 0.2) is 0 Å². The Bertz CT molecular complexity index is 696. The SMILES string of the molecule is CN(C)C(=O)N1CCC(C(=O)Nc2cc(C(F)(F)F)ccc2N(C)C)CC1. The molecule has 1 aliphatic heterocycles. The monoisotopic (exact) mass is 386 g/mol. The van der Waals surface area contributed by atoms with Gasteiger partial charge in [0.25, 0.3) is 0 Å². The Morgan fingerprint density at radius 3 is 2.19 bits per heavy atom. The highest BCUT2D eigenvalue weighted by atomic mass is 19.4. The van der Waals surface area contributed by atoms with E-state index in [2.05, 4.69) is 5.32 Å². The summed E-state index contributed by atoms with van der Waals surface area (Å²) in [5, 5.41) is 2.65. The fourth-order valence-electron chi connectivity index (χ4n) is 3.05. The largest absolute Gasteiger partial charge is 0.416 e. The molecule has 0 aliphatic carbocycles. The van der Waals surface area contributed by atoms with E-state index >= 15 is 0 Å². The van der Waals surface area contributed by atoms with Gasteiger partial charge in [0.1, 0.15) is 0 Å². The summed E-state index contributed by atoms with van der Waals surface area (Å²) in [5.41, 5.74) is -0.182. The van der Waals surface area contributed by atoms with Crippen molar-refractivity contribution in [2.75, 3.05) is 51.5 Å². The quantitative estimate of drug-likeness (QED) is 0.869. The molecule has 1 aliphatic rings. The van der Waals surface area contributed by atoms with Crippen LogP contribution in [0.15, 0.2) is 18.2 Å². The second kappa shape index (κ2) is 8.06. The van der Waals surface area contributed by atoms with Gasteiger partial charge in [-0.1, -0.05) is 0 Å². The van der Waals surface area contributed by atoms with Crippen LogP contribution in [0.5, 0.6) is 0 Å². The minimum atomic E-state index is -4.48. The van der Waals surface area contributed by atoms with Crippen molar-refractivity contribution in [2.24, 2.45) is 5.92 Å². The number of hydrogen-bond donors (Lipinski definition) is 1. The normalized spacial score (nSPS) is 15.4.